The smallest absolute Gasteiger partial charge is 0.251 e. The monoisotopic (exact) mass is 422 g/mol. The standard InChI is InChI=1S/C21H15BrN2OS/c22-17-5-3-4-16(12-17)20(25)23-13-14-8-10-15(11-9-14)21-24-18-6-1-2-7-19(18)26-21/h1-12H,13H2,(H,23,25). The Morgan fingerprint density at radius 3 is 2.58 bits per heavy atom. The molecule has 0 saturated carbocycles. The third-order valence-electron chi connectivity index (χ3n) is 4.03. The van der Waals surface area contributed by atoms with Gasteiger partial charge in [-0.25, -0.2) is 4.98 Å². The second kappa shape index (κ2) is 7.40. The molecule has 1 aromatic heterocycles. The fraction of sp³-hybridized carbons (Fsp3) is 0.0476. The number of amides is 1. The molecule has 0 saturated heterocycles. The number of carbonyl (C=O) groups excluding carboxylic acids is 1. The van der Waals surface area contributed by atoms with E-state index in [0.717, 1.165) is 26.1 Å². The summed E-state index contributed by atoms with van der Waals surface area (Å²) in [6, 6.07) is 23.7. The summed E-state index contributed by atoms with van der Waals surface area (Å²) in [4.78, 5) is 16.9. The van der Waals surface area contributed by atoms with Gasteiger partial charge in [-0.05, 0) is 35.9 Å². The van der Waals surface area contributed by atoms with E-state index in [1.165, 1.54) is 4.70 Å². The van der Waals surface area contributed by atoms with Crippen LogP contribution in [0.2, 0.25) is 0 Å². The number of halogens is 1. The molecule has 26 heavy (non-hydrogen) atoms. The molecule has 0 spiro atoms. The lowest BCUT2D eigenvalue weighted by Crippen LogP contribution is -2.22. The van der Waals surface area contributed by atoms with E-state index in [9.17, 15) is 4.79 Å². The van der Waals surface area contributed by atoms with Gasteiger partial charge in [-0.3, -0.25) is 4.79 Å². The molecule has 0 unspecified atom stereocenters. The van der Waals surface area contributed by atoms with Gasteiger partial charge in [0.1, 0.15) is 5.01 Å². The number of rotatable bonds is 4. The van der Waals surface area contributed by atoms with E-state index in [2.05, 4.69) is 44.4 Å². The Kier molecular flexibility index (Phi) is 4.82. The summed E-state index contributed by atoms with van der Waals surface area (Å²) in [5.41, 5.74) is 3.81. The summed E-state index contributed by atoms with van der Waals surface area (Å²) >= 11 is 5.07. The van der Waals surface area contributed by atoms with Crippen molar-refractivity contribution in [3.8, 4) is 10.6 Å². The molecular weight excluding hydrogens is 408 g/mol. The van der Waals surface area contributed by atoms with Crippen LogP contribution < -0.4 is 5.32 Å². The molecule has 1 heterocycles. The summed E-state index contributed by atoms with van der Waals surface area (Å²) < 4.78 is 2.08. The average molecular weight is 423 g/mol. The fourth-order valence-electron chi connectivity index (χ4n) is 2.67. The van der Waals surface area contributed by atoms with Gasteiger partial charge in [0.25, 0.3) is 5.91 Å². The van der Waals surface area contributed by atoms with Crippen molar-refractivity contribution >= 4 is 43.4 Å². The highest BCUT2D eigenvalue weighted by molar-refractivity contribution is 9.10. The molecule has 4 rings (SSSR count). The lowest BCUT2D eigenvalue weighted by molar-refractivity contribution is 0.0951. The normalized spacial score (nSPS) is 10.8. The van der Waals surface area contributed by atoms with Gasteiger partial charge >= 0.3 is 0 Å². The van der Waals surface area contributed by atoms with Crippen molar-refractivity contribution in [2.75, 3.05) is 0 Å². The number of thiazole rings is 1. The van der Waals surface area contributed by atoms with E-state index >= 15 is 0 Å². The Bertz CT molecular complexity index is 1040. The van der Waals surface area contributed by atoms with Crippen molar-refractivity contribution < 1.29 is 4.79 Å². The van der Waals surface area contributed by atoms with E-state index in [4.69, 9.17) is 0 Å². The Hall–Kier alpha value is -2.50. The van der Waals surface area contributed by atoms with Crippen LogP contribution in [0.1, 0.15) is 15.9 Å². The van der Waals surface area contributed by atoms with E-state index in [-0.39, 0.29) is 5.91 Å². The zero-order valence-corrected chi connectivity index (χ0v) is 16.2. The minimum atomic E-state index is -0.0819. The minimum Gasteiger partial charge on any atom is -0.348 e. The maximum absolute atomic E-state index is 12.2. The molecule has 0 atom stereocenters. The number of benzene rings is 3. The van der Waals surface area contributed by atoms with Crippen LogP contribution in [0.4, 0.5) is 0 Å². The van der Waals surface area contributed by atoms with Gasteiger partial charge in [0.05, 0.1) is 10.2 Å². The number of aromatic nitrogens is 1. The van der Waals surface area contributed by atoms with Crippen molar-refractivity contribution in [2.45, 2.75) is 6.54 Å². The van der Waals surface area contributed by atoms with Crippen molar-refractivity contribution in [3.63, 3.8) is 0 Å². The summed E-state index contributed by atoms with van der Waals surface area (Å²) in [6.45, 7) is 0.492. The lowest BCUT2D eigenvalue weighted by atomic mass is 10.1. The molecule has 5 heteroatoms. The largest absolute Gasteiger partial charge is 0.348 e. The molecule has 0 aliphatic heterocycles. The lowest BCUT2D eigenvalue weighted by Gasteiger charge is -2.06. The molecule has 3 aromatic carbocycles. The molecule has 0 bridgehead atoms. The van der Waals surface area contributed by atoms with Gasteiger partial charge in [-0.1, -0.05) is 58.4 Å². The number of hydrogen-bond donors (Lipinski definition) is 1. The van der Waals surface area contributed by atoms with Crippen molar-refractivity contribution in [2.24, 2.45) is 0 Å². The third-order valence-corrected chi connectivity index (χ3v) is 5.61. The second-order valence-electron chi connectivity index (χ2n) is 5.88. The van der Waals surface area contributed by atoms with Crippen LogP contribution in [-0.4, -0.2) is 10.9 Å². The van der Waals surface area contributed by atoms with E-state index in [0.29, 0.717) is 12.1 Å². The molecule has 0 radical (unpaired) electrons. The molecule has 1 N–H and O–H groups in total. The van der Waals surface area contributed by atoms with Crippen LogP contribution in [0.3, 0.4) is 0 Å². The SMILES string of the molecule is O=C(NCc1ccc(-c2nc3ccccc3s2)cc1)c1cccc(Br)c1. The summed E-state index contributed by atoms with van der Waals surface area (Å²) in [5, 5.41) is 3.96. The molecule has 4 aromatic rings. The Balaban J connectivity index is 1.45. The van der Waals surface area contributed by atoms with Crippen LogP contribution in [0.25, 0.3) is 20.8 Å². The van der Waals surface area contributed by atoms with Crippen molar-refractivity contribution in [1.29, 1.82) is 0 Å². The topological polar surface area (TPSA) is 42.0 Å². The van der Waals surface area contributed by atoms with Crippen LogP contribution in [0.15, 0.2) is 77.3 Å². The minimum absolute atomic E-state index is 0.0819. The molecular formula is C21H15BrN2OS. The van der Waals surface area contributed by atoms with E-state index < -0.39 is 0 Å². The van der Waals surface area contributed by atoms with Crippen LogP contribution in [0.5, 0.6) is 0 Å². The molecule has 0 aliphatic carbocycles. The van der Waals surface area contributed by atoms with Crippen LogP contribution in [0, 0.1) is 0 Å². The first kappa shape index (κ1) is 16.9. The van der Waals surface area contributed by atoms with Crippen molar-refractivity contribution in [3.05, 3.63) is 88.4 Å². The second-order valence-corrected chi connectivity index (χ2v) is 7.82. The predicted molar refractivity (Wildman–Crippen MR) is 110 cm³/mol. The first-order valence-corrected chi connectivity index (χ1v) is 9.79. The van der Waals surface area contributed by atoms with Crippen LogP contribution >= 0.6 is 27.3 Å². The average Bonchev–Trinajstić information content (AvgIpc) is 3.11. The number of hydrogen-bond acceptors (Lipinski definition) is 3. The highest BCUT2D eigenvalue weighted by Gasteiger charge is 2.07. The first-order chi connectivity index (χ1) is 12.7. The van der Waals surface area contributed by atoms with E-state index in [1.807, 2.05) is 48.5 Å². The van der Waals surface area contributed by atoms with Gasteiger partial charge in [0.15, 0.2) is 0 Å². The fourth-order valence-corrected chi connectivity index (χ4v) is 4.05. The zero-order chi connectivity index (χ0) is 17.9. The predicted octanol–water partition coefficient (Wildman–Crippen LogP) is 5.66. The summed E-state index contributed by atoms with van der Waals surface area (Å²) in [7, 11) is 0. The molecule has 0 aliphatic rings. The number of carbonyl (C=O) groups is 1. The maximum Gasteiger partial charge on any atom is 0.251 e. The first-order valence-electron chi connectivity index (χ1n) is 8.18. The van der Waals surface area contributed by atoms with Gasteiger partial charge in [0, 0.05) is 22.1 Å². The third kappa shape index (κ3) is 3.69. The highest BCUT2D eigenvalue weighted by Crippen LogP contribution is 2.30. The zero-order valence-electron chi connectivity index (χ0n) is 13.8. The summed E-state index contributed by atoms with van der Waals surface area (Å²) in [6.07, 6.45) is 0. The number of nitrogens with one attached hydrogen (secondary N) is 1. The van der Waals surface area contributed by atoms with Gasteiger partial charge in [0.2, 0.25) is 0 Å². The Morgan fingerprint density at radius 1 is 1.00 bits per heavy atom. The maximum atomic E-state index is 12.2. The quantitative estimate of drug-likeness (QED) is 0.461. The summed E-state index contributed by atoms with van der Waals surface area (Å²) in [5.74, 6) is -0.0819. The van der Waals surface area contributed by atoms with Crippen molar-refractivity contribution in [1.82, 2.24) is 10.3 Å². The Labute approximate surface area is 163 Å². The van der Waals surface area contributed by atoms with Gasteiger partial charge in [-0.2, -0.15) is 0 Å². The highest BCUT2D eigenvalue weighted by atomic mass is 79.9. The number of fused-ring (bicyclic) bond motifs is 1. The molecule has 1 amide bonds. The number of para-hydroxylation sites is 1. The molecule has 128 valence electrons. The Morgan fingerprint density at radius 2 is 1.81 bits per heavy atom. The van der Waals surface area contributed by atoms with Crippen LogP contribution in [-0.2, 0) is 6.54 Å². The molecule has 0 fully saturated rings. The van der Waals surface area contributed by atoms with E-state index in [1.54, 1.807) is 17.4 Å². The van der Waals surface area contributed by atoms with Gasteiger partial charge in [-0.15, -0.1) is 11.3 Å². The molecule has 3 nitrogen and oxygen atoms in total. The number of nitrogens with zero attached hydrogens (tertiary/aromatic N) is 1. The van der Waals surface area contributed by atoms with Gasteiger partial charge < -0.3 is 5.32 Å².